The highest BCUT2D eigenvalue weighted by atomic mass is 35.5. The predicted molar refractivity (Wildman–Crippen MR) is 77.9 cm³/mol. The number of nitriles is 1. The molecule has 7 heteroatoms. The molecule has 2 aromatic rings. The van der Waals surface area contributed by atoms with E-state index in [9.17, 15) is 4.79 Å². The molecule has 6 nitrogen and oxygen atoms in total. The molecule has 2 N–H and O–H groups in total. The van der Waals surface area contributed by atoms with Crippen molar-refractivity contribution in [2.24, 2.45) is 0 Å². The third-order valence-electron chi connectivity index (χ3n) is 2.79. The van der Waals surface area contributed by atoms with E-state index in [0.717, 1.165) is 5.56 Å². The zero-order valence-electron chi connectivity index (χ0n) is 11.3. The summed E-state index contributed by atoms with van der Waals surface area (Å²) in [6, 6.07) is 9.05. The van der Waals surface area contributed by atoms with Gasteiger partial charge in [0.1, 0.15) is 17.5 Å². The van der Waals surface area contributed by atoms with Crippen molar-refractivity contribution in [2.45, 2.75) is 13.5 Å². The zero-order chi connectivity index (χ0) is 15.4. The Morgan fingerprint density at radius 3 is 2.95 bits per heavy atom. The van der Waals surface area contributed by atoms with E-state index >= 15 is 0 Å². The van der Waals surface area contributed by atoms with Gasteiger partial charge < -0.3 is 10.5 Å². The van der Waals surface area contributed by atoms with Gasteiger partial charge >= 0.3 is 5.97 Å². The molecule has 0 aliphatic carbocycles. The van der Waals surface area contributed by atoms with Crippen LogP contribution in [0.15, 0.2) is 24.3 Å². The quantitative estimate of drug-likeness (QED) is 0.874. The summed E-state index contributed by atoms with van der Waals surface area (Å²) in [5.74, 6) is -0.536. The van der Waals surface area contributed by atoms with Crippen molar-refractivity contribution in [1.29, 1.82) is 5.26 Å². The molecule has 0 aliphatic rings. The van der Waals surface area contributed by atoms with Crippen molar-refractivity contribution in [3.05, 3.63) is 46.1 Å². The fourth-order valence-corrected chi connectivity index (χ4v) is 2.07. The van der Waals surface area contributed by atoms with Crippen molar-refractivity contribution < 1.29 is 9.53 Å². The summed E-state index contributed by atoms with van der Waals surface area (Å²) >= 11 is 5.92. The average Bonchev–Trinajstić information content (AvgIpc) is 2.76. The number of hydrogen-bond donors (Lipinski definition) is 1. The number of hydrogen-bond acceptors (Lipinski definition) is 5. The molecule has 0 radical (unpaired) electrons. The van der Waals surface area contributed by atoms with Gasteiger partial charge in [-0.25, -0.2) is 9.48 Å². The van der Waals surface area contributed by atoms with Gasteiger partial charge in [0.05, 0.1) is 13.2 Å². The molecule has 21 heavy (non-hydrogen) atoms. The Balaban J connectivity index is 2.37. The van der Waals surface area contributed by atoms with Crippen molar-refractivity contribution in [1.82, 2.24) is 9.78 Å². The largest absolute Gasteiger partial charge is 0.461 e. The van der Waals surface area contributed by atoms with Gasteiger partial charge in [-0.05, 0) is 24.6 Å². The molecule has 0 aliphatic heterocycles. The van der Waals surface area contributed by atoms with Crippen molar-refractivity contribution in [2.75, 3.05) is 12.3 Å². The summed E-state index contributed by atoms with van der Waals surface area (Å²) in [5, 5.41) is 13.8. The lowest BCUT2D eigenvalue weighted by atomic mass is 10.2. The maximum Gasteiger partial charge on any atom is 0.360 e. The van der Waals surface area contributed by atoms with Gasteiger partial charge in [0.25, 0.3) is 0 Å². The molecule has 108 valence electrons. The average molecular weight is 305 g/mol. The number of halogens is 1. The third-order valence-corrected chi connectivity index (χ3v) is 3.03. The molecule has 1 aromatic heterocycles. The second kappa shape index (κ2) is 6.29. The number of carbonyl (C=O) groups excluding carboxylic acids is 1. The minimum atomic E-state index is -0.661. The van der Waals surface area contributed by atoms with Gasteiger partial charge in [0, 0.05) is 5.02 Å². The fourth-order valence-electron chi connectivity index (χ4n) is 1.86. The zero-order valence-corrected chi connectivity index (χ0v) is 12.1. The van der Waals surface area contributed by atoms with E-state index in [0.29, 0.717) is 11.6 Å². The number of nitrogen functional groups attached to an aromatic ring is 1. The molecule has 0 bridgehead atoms. The van der Waals surface area contributed by atoms with Crippen LogP contribution in [0.3, 0.4) is 0 Å². The maximum absolute atomic E-state index is 11.8. The number of rotatable bonds is 4. The fraction of sp³-hybridized carbons (Fsp3) is 0.214. The molecule has 0 saturated heterocycles. The maximum atomic E-state index is 11.8. The Morgan fingerprint density at radius 2 is 2.33 bits per heavy atom. The SMILES string of the molecule is CCOC(=O)c1nn(Cc2cccc(Cl)c2)c(N)c1C#N. The van der Waals surface area contributed by atoms with E-state index in [1.807, 2.05) is 12.1 Å². The number of nitrogens with two attached hydrogens (primary N) is 1. The molecule has 0 saturated carbocycles. The van der Waals surface area contributed by atoms with E-state index in [2.05, 4.69) is 5.10 Å². The summed E-state index contributed by atoms with van der Waals surface area (Å²) < 4.78 is 6.25. The van der Waals surface area contributed by atoms with E-state index in [-0.39, 0.29) is 23.7 Å². The number of nitrogens with zero attached hydrogens (tertiary/aromatic N) is 3. The van der Waals surface area contributed by atoms with Gasteiger partial charge in [-0.1, -0.05) is 23.7 Å². The molecular weight excluding hydrogens is 292 g/mol. The van der Waals surface area contributed by atoms with Crippen LogP contribution in [-0.2, 0) is 11.3 Å². The van der Waals surface area contributed by atoms with Crippen LogP contribution in [-0.4, -0.2) is 22.4 Å². The van der Waals surface area contributed by atoms with E-state index in [1.165, 1.54) is 4.68 Å². The van der Waals surface area contributed by atoms with Crippen LogP contribution in [0.4, 0.5) is 5.82 Å². The van der Waals surface area contributed by atoms with Crippen molar-refractivity contribution in [3.8, 4) is 6.07 Å². The van der Waals surface area contributed by atoms with Crippen LogP contribution in [0.25, 0.3) is 0 Å². The highest BCUT2D eigenvalue weighted by molar-refractivity contribution is 6.30. The Kier molecular flexibility index (Phi) is 4.45. The first kappa shape index (κ1) is 14.9. The van der Waals surface area contributed by atoms with Crippen LogP contribution >= 0.6 is 11.6 Å². The van der Waals surface area contributed by atoms with Crippen molar-refractivity contribution in [3.63, 3.8) is 0 Å². The second-order valence-electron chi connectivity index (χ2n) is 4.23. The summed E-state index contributed by atoms with van der Waals surface area (Å²) in [4.78, 5) is 11.8. The van der Waals surface area contributed by atoms with Crippen LogP contribution in [0.1, 0.15) is 28.5 Å². The summed E-state index contributed by atoms with van der Waals surface area (Å²) in [6.45, 7) is 2.18. The minimum absolute atomic E-state index is 0.0236. The van der Waals surface area contributed by atoms with Crippen LogP contribution in [0, 0.1) is 11.3 Å². The number of esters is 1. The summed E-state index contributed by atoms with van der Waals surface area (Å²) in [5.41, 5.74) is 6.68. The first-order valence-electron chi connectivity index (χ1n) is 6.24. The molecule has 0 atom stereocenters. The third kappa shape index (κ3) is 3.15. The normalized spacial score (nSPS) is 10.1. The highest BCUT2D eigenvalue weighted by Gasteiger charge is 2.22. The minimum Gasteiger partial charge on any atom is -0.461 e. The lowest BCUT2D eigenvalue weighted by Gasteiger charge is -2.04. The molecule has 0 fully saturated rings. The summed E-state index contributed by atoms with van der Waals surface area (Å²) in [7, 11) is 0. The second-order valence-corrected chi connectivity index (χ2v) is 4.67. The van der Waals surface area contributed by atoms with Gasteiger partial charge in [-0.3, -0.25) is 0 Å². The van der Waals surface area contributed by atoms with Crippen LogP contribution in [0.2, 0.25) is 5.02 Å². The van der Waals surface area contributed by atoms with Crippen molar-refractivity contribution >= 4 is 23.4 Å². The molecule has 0 unspecified atom stereocenters. The Labute approximate surface area is 126 Å². The molecular formula is C14H13ClN4O2. The highest BCUT2D eigenvalue weighted by Crippen LogP contribution is 2.19. The topological polar surface area (TPSA) is 93.9 Å². The summed E-state index contributed by atoms with van der Waals surface area (Å²) in [6.07, 6.45) is 0. The van der Waals surface area contributed by atoms with Gasteiger partial charge in [0.15, 0.2) is 5.69 Å². The molecule has 1 aromatic carbocycles. The predicted octanol–water partition coefficient (Wildman–Crippen LogP) is 2.22. The van der Waals surface area contributed by atoms with Gasteiger partial charge in [-0.2, -0.15) is 10.4 Å². The van der Waals surface area contributed by atoms with Crippen LogP contribution in [0.5, 0.6) is 0 Å². The number of benzene rings is 1. The number of anilines is 1. The first-order chi connectivity index (χ1) is 10.1. The monoisotopic (exact) mass is 304 g/mol. The molecule has 2 rings (SSSR count). The molecule has 1 heterocycles. The first-order valence-corrected chi connectivity index (χ1v) is 6.62. The smallest absolute Gasteiger partial charge is 0.360 e. The molecule has 0 amide bonds. The number of aromatic nitrogens is 2. The standard InChI is InChI=1S/C14H13ClN4O2/c1-2-21-14(20)12-11(7-16)13(17)19(18-12)8-9-4-3-5-10(15)6-9/h3-6H,2,8,17H2,1H3. The van der Waals surface area contributed by atoms with Crippen LogP contribution < -0.4 is 5.73 Å². The van der Waals surface area contributed by atoms with Gasteiger partial charge in [0.2, 0.25) is 0 Å². The lowest BCUT2D eigenvalue weighted by Crippen LogP contribution is -2.09. The number of carbonyl (C=O) groups is 1. The Morgan fingerprint density at radius 1 is 1.57 bits per heavy atom. The van der Waals surface area contributed by atoms with Gasteiger partial charge in [-0.15, -0.1) is 0 Å². The van der Waals surface area contributed by atoms with E-state index < -0.39 is 5.97 Å². The van der Waals surface area contributed by atoms with E-state index in [1.54, 1.807) is 25.1 Å². The van der Waals surface area contributed by atoms with E-state index in [4.69, 9.17) is 27.3 Å². The Hall–Kier alpha value is -2.52. The lowest BCUT2D eigenvalue weighted by molar-refractivity contribution is 0.0518. The Bertz CT molecular complexity index is 718. The molecule has 0 spiro atoms. The number of ether oxygens (including phenoxy) is 1.